The molecule has 1 aromatic carbocycles. The van der Waals surface area contributed by atoms with Gasteiger partial charge >= 0.3 is 0 Å². The summed E-state index contributed by atoms with van der Waals surface area (Å²) >= 11 is 0. The minimum absolute atomic E-state index is 0.124. The lowest BCUT2D eigenvalue weighted by atomic mass is 10.1. The molecule has 3 rings (SSSR count). The van der Waals surface area contributed by atoms with Crippen molar-refractivity contribution in [1.29, 1.82) is 0 Å². The minimum Gasteiger partial charge on any atom is -0.392 e. The van der Waals surface area contributed by atoms with Gasteiger partial charge in [-0.25, -0.2) is 0 Å². The van der Waals surface area contributed by atoms with Gasteiger partial charge in [0.1, 0.15) is 0 Å². The Bertz CT molecular complexity index is 544. The molecule has 0 amide bonds. The number of rotatable bonds is 1. The first-order chi connectivity index (χ1) is 8.28. The van der Waals surface area contributed by atoms with E-state index in [-0.39, 0.29) is 6.61 Å². The number of aromatic nitrogens is 1. The lowest BCUT2D eigenvalue weighted by molar-refractivity contribution is 0.282. The van der Waals surface area contributed by atoms with Gasteiger partial charge in [-0.3, -0.25) is 0 Å². The molecular weight excluding hydrogens is 212 g/mol. The third kappa shape index (κ3) is 1.85. The standard InChI is InChI=1S/C14H18N2O/c1-15-5-4-13-9-12-8-11(10-17)2-3-14(12)16(13)7-6-15/h2-3,8-9,17H,4-7,10H2,1H3. The molecular formula is C14H18N2O. The number of hydrogen-bond acceptors (Lipinski definition) is 2. The second-order valence-electron chi connectivity index (χ2n) is 4.89. The molecule has 1 aromatic heterocycles. The largest absolute Gasteiger partial charge is 0.392 e. The summed E-state index contributed by atoms with van der Waals surface area (Å²) in [4.78, 5) is 2.38. The molecule has 0 saturated carbocycles. The van der Waals surface area contributed by atoms with Crippen LogP contribution in [0.3, 0.4) is 0 Å². The van der Waals surface area contributed by atoms with Crippen molar-refractivity contribution in [2.24, 2.45) is 0 Å². The molecule has 3 heteroatoms. The van der Waals surface area contributed by atoms with Crippen LogP contribution in [0.5, 0.6) is 0 Å². The highest BCUT2D eigenvalue weighted by molar-refractivity contribution is 5.82. The van der Waals surface area contributed by atoms with Gasteiger partial charge in [0.05, 0.1) is 6.61 Å². The van der Waals surface area contributed by atoms with Crippen molar-refractivity contribution in [3.05, 3.63) is 35.5 Å². The maximum Gasteiger partial charge on any atom is 0.0682 e. The minimum atomic E-state index is 0.124. The molecule has 17 heavy (non-hydrogen) atoms. The maximum atomic E-state index is 9.17. The third-order valence-electron chi connectivity index (χ3n) is 3.69. The van der Waals surface area contributed by atoms with Crippen molar-refractivity contribution in [2.45, 2.75) is 19.6 Å². The number of aliphatic hydroxyl groups is 1. The monoisotopic (exact) mass is 230 g/mol. The van der Waals surface area contributed by atoms with E-state index < -0.39 is 0 Å². The van der Waals surface area contributed by atoms with Gasteiger partial charge in [-0.15, -0.1) is 0 Å². The van der Waals surface area contributed by atoms with Gasteiger partial charge in [0, 0.05) is 42.7 Å². The van der Waals surface area contributed by atoms with Gasteiger partial charge in [0.15, 0.2) is 0 Å². The van der Waals surface area contributed by atoms with Crippen LogP contribution in [-0.4, -0.2) is 34.7 Å². The molecule has 0 saturated heterocycles. The van der Waals surface area contributed by atoms with Crippen LogP contribution in [0.25, 0.3) is 10.9 Å². The first-order valence-electron chi connectivity index (χ1n) is 6.18. The Morgan fingerprint density at radius 1 is 1.18 bits per heavy atom. The SMILES string of the molecule is CN1CCc2cc3cc(CO)ccc3n2CC1. The fourth-order valence-electron chi connectivity index (χ4n) is 2.63. The fourth-order valence-corrected chi connectivity index (χ4v) is 2.63. The lowest BCUT2D eigenvalue weighted by Gasteiger charge is -2.11. The molecule has 1 aliphatic heterocycles. The molecule has 0 radical (unpaired) electrons. The van der Waals surface area contributed by atoms with E-state index in [1.165, 1.54) is 16.6 Å². The van der Waals surface area contributed by atoms with Crippen molar-refractivity contribution in [2.75, 3.05) is 20.1 Å². The summed E-state index contributed by atoms with van der Waals surface area (Å²) in [5.41, 5.74) is 3.71. The fraction of sp³-hybridized carbons (Fsp3) is 0.429. The van der Waals surface area contributed by atoms with E-state index in [1.807, 2.05) is 6.07 Å². The summed E-state index contributed by atoms with van der Waals surface area (Å²) < 4.78 is 2.42. The number of likely N-dealkylation sites (N-methyl/N-ethyl adjacent to an activating group) is 1. The van der Waals surface area contributed by atoms with Gasteiger partial charge in [0.2, 0.25) is 0 Å². The van der Waals surface area contributed by atoms with Crippen LogP contribution >= 0.6 is 0 Å². The van der Waals surface area contributed by atoms with Gasteiger partial charge in [-0.1, -0.05) is 6.07 Å². The molecule has 1 N–H and O–H groups in total. The number of benzene rings is 1. The molecule has 2 heterocycles. The molecule has 1 aliphatic rings. The Balaban J connectivity index is 2.10. The highest BCUT2D eigenvalue weighted by Crippen LogP contribution is 2.23. The lowest BCUT2D eigenvalue weighted by Crippen LogP contribution is -2.21. The molecule has 3 nitrogen and oxygen atoms in total. The summed E-state index contributed by atoms with van der Waals surface area (Å²) in [6.07, 6.45) is 1.11. The zero-order valence-electron chi connectivity index (χ0n) is 10.2. The van der Waals surface area contributed by atoms with Crippen molar-refractivity contribution in [1.82, 2.24) is 9.47 Å². The van der Waals surface area contributed by atoms with E-state index in [1.54, 1.807) is 0 Å². The summed E-state index contributed by atoms with van der Waals surface area (Å²) in [5.74, 6) is 0. The Morgan fingerprint density at radius 2 is 2.06 bits per heavy atom. The molecule has 2 aromatic rings. The van der Waals surface area contributed by atoms with Gasteiger partial charge in [-0.05, 0) is 30.8 Å². The predicted molar refractivity (Wildman–Crippen MR) is 69.1 cm³/mol. The number of fused-ring (bicyclic) bond motifs is 3. The summed E-state index contributed by atoms with van der Waals surface area (Å²) in [6.45, 7) is 3.43. The number of nitrogens with zero attached hydrogens (tertiary/aromatic N) is 2. The Morgan fingerprint density at radius 3 is 2.88 bits per heavy atom. The first-order valence-corrected chi connectivity index (χ1v) is 6.18. The quantitative estimate of drug-likeness (QED) is 0.806. The molecule has 0 fully saturated rings. The Kier molecular flexibility index (Phi) is 2.65. The highest BCUT2D eigenvalue weighted by atomic mass is 16.3. The van der Waals surface area contributed by atoms with Crippen molar-refractivity contribution in [3.8, 4) is 0 Å². The van der Waals surface area contributed by atoms with E-state index >= 15 is 0 Å². The maximum absolute atomic E-state index is 9.17. The van der Waals surface area contributed by atoms with E-state index in [2.05, 4.69) is 34.7 Å². The van der Waals surface area contributed by atoms with Gasteiger partial charge < -0.3 is 14.6 Å². The van der Waals surface area contributed by atoms with Gasteiger partial charge in [-0.2, -0.15) is 0 Å². The Hall–Kier alpha value is -1.32. The molecule has 0 bridgehead atoms. The Labute approximate surface area is 101 Å². The van der Waals surface area contributed by atoms with Crippen LogP contribution in [0.1, 0.15) is 11.3 Å². The number of aliphatic hydroxyl groups excluding tert-OH is 1. The smallest absolute Gasteiger partial charge is 0.0682 e. The average Bonchev–Trinajstić information content (AvgIpc) is 2.60. The molecule has 90 valence electrons. The van der Waals surface area contributed by atoms with Crippen LogP contribution in [0, 0.1) is 0 Å². The summed E-state index contributed by atoms with van der Waals surface area (Å²) in [7, 11) is 2.18. The molecule has 0 atom stereocenters. The van der Waals surface area contributed by atoms with Crippen molar-refractivity contribution >= 4 is 10.9 Å². The number of hydrogen-bond donors (Lipinski definition) is 1. The van der Waals surface area contributed by atoms with Crippen LogP contribution in [0.4, 0.5) is 0 Å². The summed E-state index contributed by atoms with van der Waals surface area (Å²) in [5, 5.41) is 10.4. The zero-order valence-corrected chi connectivity index (χ0v) is 10.2. The van der Waals surface area contributed by atoms with Gasteiger partial charge in [0.25, 0.3) is 0 Å². The van der Waals surface area contributed by atoms with E-state index in [0.29, 0.717) is 0 Å². The average molecular weight is 230 g/mol. The molecule has 0 unspecified atom stereocenters. The van der Waals surface area contributed by atoms with Crippen LogP contribution < -0.4 is 0 Å². The van der Waals surface area contributed by atoms with Crippen molar-refractivity contribution in [3.63, 3.8) is 0 Å². The zero-order chi connectivity index (χ0) is 11.8. The highest BCUT2D eigenvalue weighted by Gasteiger charge is 2.13. The molecule has 0 spiro atoms. The van der Waals surface area contributed by atoms with E-state index in [9.17, 15) is 0 Å². The van der Waals surface area contributed by atoms with Crippen LogP contribution in [-0.2, 0) is 19.6 Å². The second-order valence-corrected chi connectivity index (χ2v) is 4.89. The summed E-state index contributed by atoms with van der Waals surface area (Å²) in [6, 6.07) is 8.52. The van der Waals surface area contributed by atoms with Crippen LogP contribution in [0.2, 0.25) is 0 Å². The van der Waals surface area contributed by atoms with E-state index in [0.717, 1.165) is 31.6 Å². The third-order valence-corrected chi connectivity index (χ3v) is 3.69. The topological polar surface area (TPSA) is 28.4 Å². The van der Waals surface area contributed by atoms with E-state index in [4.69, 9.17) is 5.11 Å². The van der Waals surface area contributed by atoms with Crippen LogP contribution in [0.15, 0.2) is 24.3 Å². The van der Waals surface area contributed by atoms with Crippen molar-refractivity contribution < 1.29 is 5.11 Å². The predicted octanol–water partition coefficient (Wildman–Crippen LogP) is 1.62. The molecule has 0 aliphatic carbocycles. The second kappa shape index (κ2) is 4.17. The normalized spacial score (nSPS) is 17.1. The first kappa shape index (κ1) is 10.8.